The van der Waals surface area contributed by atoms with Crippen LogP contribution in [0.5, 0.6) is 0 Å². The van der Waals surface area contributed by atoms with E-state index in [0.29, 0.717) is 5.84 Å². The van der Waals surface area contributed by atoms with E-state index in [2.05, 4.69) is 10.9 Å². The van der Waals surface area contributed by atoms with Crippen LogP contribution in [0.1, 0.15) is 8.35 Å². The summed E-state index contributed by atoms with van der Waals surface area (Å²) in [4.78, 5) is 0. The van der Waals surface area contributed by atoms with Gasteiger partial charge in [-0.25, -0.2) is 0 Å². The zero-order valence-corrected chi connectivity index (χ0v) is 3.81. The Bertz CT molecular complexity index is 47.7. The smallest absolute Gasteiger partial charge is 0.116 e. The van der Waals surface area contributed by atoms with Gasteiger partial charge in [0.2, 0.25) is 0 Å². The number of nitrogens with two attached hydrogens (primary N) is 2. The second kappa shape index (κ2) is 4.23. The lowest BCUT2D eigenvalue weighted by Gasteiger charge is -1.75. The Morgan fingerprint density at radius 3 is 2.00 bits per heavy atom. The lowest BCUT2D eigenvalue weighted by atomic mass is 10.7. The first kappa shape index (κ1) is 8.97. The summed E-state index contributed by atoms with van der Waals surface area (Å²) in [6, 6.07) is 0. The molecule has 0 aliphatic carbocycles. The molecule has 0 aliphatic rings. The predicted molar refractivity (Wildman–Crippen MR) is 28.6 cm³/mol. The number of rotatable bonds is 0. The summed E-state index contributed by atoms with van der Waals surface area (Å²) in [5.41, 5.74) is 4.92. The van der Waals surface area contributed by atoms with Gasteiger partial charge in [-0.15, -0.1) is 0 Å². The average molecular weight is 92.1 g/mol. The molecule has 0 aliphatic heterocycles. The van der Waals surface area contributed by atoms with Crippen LogP contribution in [0.3, 0.4) is 0 Å². The molecular formula is C2H12N4. The summed E-state index contributed by atoms with van der Waals surface area (Å²) >= 11 is 0. The van der Waals surface area contributed by atoms with Gasteiger partial charge in [0.1, 0.15) is 5.84 Å². The predicted octanol–water partition coefficient (Wildman–Crippen LogP) is -0.355. The monoisotopic (exact) mass is 92.1 g/mol. The summed E-state index contributed by atoms with van der Waals surface area (Å²) in [6.07, 6.45) is 0. The van der Waals surface area contributed by atoms with E-state index in [-0.39, 0.29) is 7.58 Å². The van der Waals surface area contributed by atoms with Crippen LogP contribution in [0, 0.1) is 0 Å². The van der Waals surface area contributed by atoms with Crippen LogP contribution in [0.15, 0.2) is 5.10 Å². The topological polar surface area (TPSA) is 99.4 Å². The summed E-state index contributed by atoms with van der Waals surface area (Å²) in [5.74, 6) is 5.04. The number of hydrogen-bond donors (Lipinski definition) is 3. The molecule has 4 nitrogen and oxygen atoms in total. The maximum absolute atomic E-state index is 4.92. The quantitative estimate of drug-likeness (QED) is 0.165. The van der Waals surface area contributed by atoms with E-state index in [9.17, 15) is 0 Å². The Morgan fingerprint density at radius 1 is 1.83 bits per heavy atom. The van der Waals surface area contributed by atoms with Crippen molar-refractivity contribution in [3.63, 3.8) is 0 Å². The molecule has 6 heavy (non-hydrogen) atoms. The third-order valence-corrected chi connectivity index (χ3v) is 0.204. The first-order chi connectivity index (χ1) is 2.27. The van der Waals surface area contributed by atoms with E-state index >= 15 is 0 Å². The van der Waals surface area contributed by atoms with Crippen molar-refractivity contribution in [1.82, 2.24) is 6.15 Å². The van der Waals surface area contributed by atoms with Gasteiger partial charge in [-0.3, -0.25) is 0 Å². The first-order valence-electron chi connectivity index (χ1n) is 1.27. The zero-order chi connectivity index (χ0) is 4.28. The average Bonchev–Trinajstić information content (AvgIpc) is 1.38. The maximum atomic E-state index is 4.92. The standard InChI is InChI=1S/C2H7N3.H3N.H2/c1-2(3)5-4;;/h4H2,1H3,(H2,3,5);1H3;1H. The van der Waals surface area contributed by atoms with E-state index in [0.717, 1.165) is 0 Å². The van der Waals surface area contributed by atoms with E-state index in [1.54, 1.807) is 6.92 Å². The molecule has 0 aromatic heterocycles. The van der Waals surface area contributed by atoms with Gasteiger partial charge in [-0.2, -0.15) is 5.10 Å². The summed E-state index contributed by atoms with van der Waals surface area (Å²) < 4.78 is 0. The molecule has 0 heterocycles. The number of nitrogens with zero attached hydrogens (tertiary/aromatic N) is 1. The second-order valence-electron chi connectivity index (χ2n) is 0.770. The van der Waals surface area contributed by atoms with Gasteiger partial charge < -0.3 is 17.7 Å². The normalized spacial score (nSPS) is 9.83. The van der Waals surface area contributed by atoms with Crippen LogP contribution in [0.25, 0.3) is 0 Å². The van der Waals surface area contributed by atoms with Gasteiger partial charge in [0, 0.05) is 1.43 Å². The van der Waals surface area contributed by atoms with Crippen LogP contribution in [-0.4, -0.2) is 5.84 Å². The number of hydrazone groups is 1. The Labute approximate surface area is 38.3 Å². The molecule has 0 saturated carbocycles. The molecule has 0 aromatic rings. The Balaban J connectivity index is -0.0000000800. The largest absolute Gasteiger partial charge is 0.386 e. The van der Waals surface area contributed by atoms with Crippen LogP contribution in [-0.2, 0) is 0 Å². The molecule has 0 saturated heterocycles. The van der Waals surface area contributed by atoms with Crippen LogP contribution < -0.4 is 17.7 Å². The molecule has 0 aromatic carbocycles. The van der Waals surface area contributed by atoms with E-state index in [4.69, 9.17) is 5.73 Å². The highest BCUT2D eigenvalue weighted by molar-refractivity contribution is 5.76. The van der Waals surface area contributed by atoms with Gasteiger partial charge in [0.05, 0.1) is 0 Å². The highest BCUT2D eigenvalue weighted by atomic mass is 15.1. The van der Waals surface area contributed by atoms with Crippen molar-refractivity contribution in [3.05, 3.63) is 0 Å². The fraction of sp³-hybridized carbons (Fsp3) is 0.500. The molecule has 0 unspecified atom stereocenters. The SMILES string of the molecule is C/C(N)=N/N.N.[HH]. The number of hydrogen-bond acceptors (Lipinski definition) is 3. The molecule has 40 valence electrons. The third kappa shape index (κ3) is 10.6. The lowest BCUT2D eigenvalue weighted by Crippen LogP contribution is -2.07. The van der Waals surface area contributed by atoms with E-state index in [1.807, 2.05) is 0 Å². The van der Waals surface area contributed by atoms with E-state index in [1.165, 1.54) is 0 Å². The van der Waals surface area contributed by atoms with E-state index < -0.39 is 0 Å². The first-order valence-corrected chi connectivity index (χ1v) is 1.27. The highest BCUT2D eigenvalue weighted by Crippen LogP contribution is 1.46. The van der Waals surface area contributed by atoms with Gasteiger partial charge in [0.15, 0.2) is 0 Å². The molecule has 0 atom stereocenters. The summed E-state index contributed by atoms with van der Waals surface area (Å²) in [7, 11) is 0. The highest BCUT2D eigenvalue weighted by Gasteiger charge is 1.62. The molecule has 7 N–H and O–H groups in total. The van der Waals surface area contributed by atoms with Crippen molar-refractivity contribution in [2.24, 2.45) is 16.7 Å². The van der Waals surface area contributed by atoms with Crippen molar-refractivity contribution in [1.29, 1.82) is 0 Å². The van der Waals surface area contributed by atoms with Crippen molar-refractivity contribution in [2.45, 2.75) is 6.92 Å². The molecule has 0 amide bonds. The second-order valence-corrected chi connectivity index (χ2v) is 0.770. The fourth-order valence-corrected chi connectivity index (χ4v) is 0. The minimum absolute atomic E-state index is 0. The molecule has 0 rings (SSSR count). The zero-order valence-electron chi connectivity index (χ0n) is 3.81. The van der Waals surface area contributed by atoms with Crippen molar-refractivity contribution < 1.29 is 1.43 Å². The van der Waals surface area contributed by atoms with Crippen molar-refractivity contribution >= 4 is 5.84 Å². The van der Waals surface area contributed by atoms with Gasteiger partial charge in [-0.1, -0.05) is 0 Å². The minimum Gasteiger partial charge on any atom is -0.386 e. The molecule has 0 fully saturated rings. The number of amidine groups is 1. The van der Waals surface area contributed by atoms with Crippen LogP contribution in [0.2, 0.25) is 0 Å². The van der Waals surface area contributed by atoms with Crippen molar-refractivity contribution in [3.8, 4) is 0 Å². The molecular weight excluding hydrogens is 80.0 g/mol. The Morgan fingerprint density at radius 2 is 2.00 bits per heavy atom. The third-order valence-electron chi connectivity index (χ3n) is 0.204. The van der Waals surface area contributed by atoms with Gasteiger partial charge in [0.25, 0.3) is 0 Å². The Kier molecular flexibility index (Phi) is 6.32. The van der Waals surface area contributed by atoms with Gasteiger partial charge >= 0.3 is 0 Å². The molecule has 4 heteroatoms. The van der Waals surface area contributed by atoms with Crippen molar-refractivity contribution in [2.75, 3.05) is 0 Å². The minimum atomic E-state index is 0. The van der Waals surface area contributed by atoms with Crippen LogP contribution >= 0.6 is 0 Å². The molecule has 0 spiro atoms. The maximum Gasteiger partial charge on any atom is 0.116 e. The van der Waals surface area contributed by atoms with Crippen LogP contribution in [0.4, 0.5) is 0 Å². The summed E-state index contributed by atoms with van der Waals surface area (Å²) in [6.45, 7) is 1.62. The molecule has 0 bridgehead atoms. The molecule has 0 radical (unpaired) electrons. The fourth-order valence-electron chi connectivity index (χ4n) is 0. The van der Waals surface area contributed by atoms with Gasteiger partial charge in [-0.05, 0) is 6.92 Å². The summed E-state index contributed by atoms with van der Waals surface area (Å²) in [5, 5.41) is 3.08. The Hall–Kier alpha value is -0.770. The lowest BCUT2D eigenvalue weighted by molar-refractivity contribution is 1.22.